The Kier molecular flexibility index (Phi) is 4.99. The maximum atomic E-state index is 13.2. The summed E-state index contributed by atoms with van der Waals surface area (Å²) in [6, 6.07) is 15.9. The average Bonchev–Trinajstić information content (AvgIpc) is 2.71. The van der Waals surface area contributed by atoms with Gasteiger partial charge in [-0.1, -0.05) is 23.7 Å². The molecule has 0 aliphatic rings. The number of hydrogen-bond donors (Lipinski definition) is 0. The van der Waals surface area contributed by atoms with Crippen molar-refractivity contribution in [3.63, 3.8) is 0 Å². The SMILES string of the molecule is Cc1ccc2c(=O)c(C(=O)c3ccc(F)cc3)cn(Cc3ccc(Cl)cc3)c2n1. The van der Waals surface area contributed by atoms with E-state index in [1.54, 1.807) is 28.8 Å². The highest BCUT2D eigenvalue weighted by Gasteiger charge is 2.18. The molecule has 29 heavy (non-hydrogen) atoms. The third kappa shape index (κ3) is 3.82. The van der Waals surface area contributed by atoms with Crippen LogP contribution in [0.4, 0.5) is 4.39 Å². The van der Waals surface area contributed by atoms with Gasteiger partial charge in [0.1, 0.15) is 11.5 Å². The highest BCUT2D eigenvalue weighted by molar-refractivity contribution is 6.30. The van der Waals surface area contributed by atoms with Gasteiger partial charge in [0.2, 0.25) is 5.43 Å². The van der Waals surface area contributed by atoms with Crippen molar-refractivity contribution in [3.8, 4) is 0 Å². The maximum Gasteiger partial charge on any atom is 0.202 e. The molecule has 0 radical (unpaired) electrons. The van der Waals surface area contributed by atoms with Crippen molar-refractivity contribution in [2.45, 2.75) is 13.5 Å². The number of halogens is 2. The summed E-state index contributed by atoms with van der Waals surface area (Å²) in [7, 11) is 0. The van der Waals surface area contributed by atoms with Crippen molar-refractivity contribution in [3.05, 3.63) is 110 Å². The predicted octanol–water partition coefficient (Wildman–Crippen LogP) is 4.78. The zero-order chi connectivity index (χ0) is 20.5. The molecular weight excluding hydrogens is 391 g/mol. The van der Waals surface area contributed by atoms with Crippen LogP contribution in [-0.4, -0.2) is 15.3 Å². The summed E-state index contributed by atoms with van der Waals surface area (Å²) in [6.45, 7) is 2.25. The van der Waals surface area contributed by atoms with Gasteiger partial charge in [-0.05, 0) is 61.0 Å². The summed E-state index contributed by atoms with van der Waals surface area (Å²) < 4.78 is 15.0. The molecule has 0 spiro atoms. The van der Waals surface area contributed by atoms with Crippen LogP contribution in [0.1, 0.15) is 27.2 Å². The number of carbonyl (C=O) groups is 1. The second kappa shape index (κ2) is 7.60. The van der Waals surface area contributed by atoms with E-state index in [1.165, 1.54) is 30.5 Å². The quantitative estimate of drug-likeness (QED) is 0.458. The van der Waals surface area contributed by atoms with Gasteiger partial charge in [-0.3, -0.25) is 9.59 Å². The number of aromatic nitrogens is 2. The summed E-state index contributed by atoms with van der Waals surface area (Å²) in [6.07, 6.45) is 1.53. The second-order valence-electron chi connectivity index (χ2n) is 6.79. The first kappa shape index (κ1) is 19.0. The Morgan fingerprint density at radius 1 is 1.03 bits per heavy atom. The first-order valence-electron chi connectivity index (χ1n) is 8.98. The molecule has 0 aliphatic carbocycles. The van der Waals surface area contributed by atoms with Gasteiger partial charge in [0.15, 0.2) is 5.78 Å². The monoisotopic (exact) mass is 406 g/mol. The van der Waals surface area contributed by atoms with Crippen LogP contribution in [0.2, 0.25) is 5.02 Å². The molecule has 2 heterocycles. The zero-order valence-electron chi connectivity index (χ0n) is 15.5. The highest BCUT2D eigenvalue weighted by Crippen LogP contribution is 2.17. The molecule has 4 nitrogen and oxygen atoms in total. The molecule has 0 fully saturated rings. The number of pyridine rings is 2. The van der Waals surface area contributed by atoms with Gasteiger partial charge in [-0.2, -0.15) is 0 Å². The Hall–Kier alpha value is -3.31. The van der Waals surface area contributed by atoms with Crippen LogP contribution in [0.3, 0.4) is 0 Å². The van der Waals surface area contributed by atoms with E-state index in [4.69, 9.17) is 11.6 Å². The van der Waals surface area contributed by atoms with E-state index in [0.29, 0.717) is 22.6 Å². The molecule has 0 aliphatic heterocycles. The van der Waals surface area contributed by atoms with Crippen LogP contribution in [0, 0.1) is 12.7 Å². The van der Waals surface area contributed by atoms with E-state index in [-0.39, 0.29) is 11.1 Å². The number of fused-ring (bicyclic) bond motifs is 1. The van der Waals surface area contributed by atoms with Crippen molar-refractivity contribution in [1.82, 2.24) is 9.55 Å². The van der Waals surface area contributed by atoms with Crippen LogP contribution in [0.15, 0.2) is 71.7 Å². The largest absolute Gasteiger partial charge is 0.327 e. The summed E-state index contributed by atoms with van der Waals surface area (Å²) >= 11 is 5.97. The molecule has 0 saturated heterocycles. The number of rotatable bonds is 4. The van der Waals surface area contributed by atoms with E-state index < -0.39 is 17.0 Å². The minimum atomic E-state index is -0.456. The van der Waals surface area contributed by atoms with Crippen LogP contribution >= 0.6 is 11.6 Å². The molecule has 0 bridgehead atoms. The fourth-order valence-electron chi connectivity index (χ4n) is 3.19. The van der Waals surface area contributed by atoms with E-state index in [2.05, 4.69) is 4.98 Å². The molecule has 4 aromatic rings. The third-order valence-electron chi connectivity index (χ3n) is 4.68. The topological polar surface area (TPSA) is 52.0 Å². The molecule has 144 valence electrons. The van der Waals surface area contributed by atoms with Crippen molar-refractivity contribution in [1.29, 1.82) is 0 Å². The van der Waals surface area contributed by atoms with Gasteiger partial charge in [-0.15, -0.1) is 0 Å². The Balaban J connectivity index is 1.89. The Morgan fingerprint density at radius 3 is 2.41 bits per heavy atom. The van der Waals surface area contributed by atoms with Crippen molar-refractivity contribution in [2.24, 2.45) is 0 Å². The van der Waals surface area contributed by atoms with Gasteiger partial charge in [0.25, 0.3) is 0 Å². The first-order chi connectivity index (χ1) is 13.9. The van der Waals surface area contributed by atoms with E-state index in [1.807, 2.05) is 19.1 Å². The summed E-state index contributed by atoms with van der Waals surface area (Å²) in [5.41, 5.74) is 2.08. The molecular formula is C23H16ClFN2O2. The molecule has 0 N–H and O–H groups in total. The van der Waals surface area contributed by atoms with Gasteiger partial charge in [-0.25, -0.2) is 9.37 Å². The lowest BCUT2D eigenvalue weighted by Crippen LogP contribution is -2.21. The second-order valence-corrected chi connectivity index (χ2v) is 7.22. The fourth-order valence-corrected chi connectivity index (χ4v) is 3.31. The van der Waals surface area contributed by atoms with Gasteiger partial charge >= 0.3 is 0 Å². The minimum Gasteiger partial charge on any atom is -0.327 e. The van der Waals surface area contributed by atoms with Crippen molar-refractivity contribution in [2.75, 3.05) is 0 Å². The first-order valence-corrected chi connectivity index (χ1v) is 9.36. The summed E-state index contributed by atoms with van der Waals surface area (Å²) in [4.78, 5) is 30.5. The van der Waals surface area contributed by atoms with Crippen LogP contribution in [-0.2, 0) is 6.54 Å². The highest BCUT2D eigenvalue weighted by atomic mass is 35.5. The Labute approximate surface area is 171 Å². The summed E-state index contributed by atoms with van der Waals surface area (Å²) in [5.74, 6) is -0.901. The third-order valence-corrected chi connectivity index (χ3v) is 4.93. The molecule has 2 aromatic carbocycles. The molecule has 0 saturated carbocycles. The maximum absolute atomic E-state index is 13.2. The lowest BCUT2D eigenvalue weighted by Gasteiger charge is -2.13. The molecule has 0 amide bonds. The molecule has 2 aromatic heterocycles. The molecule has 6 heteroatoms. The number of benzene rings is 2. The standard InChI is InChI=1S/C23H16ClFN2O2/c1-14-2-11-19-22(29)20(21(28)16-5-9-18(25)10-6-16)13-27(23(19)26-14)12-15-3-7-17(24)8-4-15/h2-11,13H,12H2,1H3. The lowest BCUT2D eigenvalue weighted by molar-refractivity contribution is 0.103. The number of hydrogen-bond acceptors (Lipinski definition) is 3. The molecule has 0 unspecified atom stereocenters. The van der Waals surface area contributed by atoms with Crippen molar-refractivity contribution >= 4 is 28.4 Å². The molecule has 4 rings (SSSR count). The lowest BCUT2D eigenvalue weighted by atomic mass is 10.0. The van der Waals surface area contributed by atoms with E-state index in [9.17, 15) is 14.0 Å². The number of aryl methyl sites for hydroxylation is 1. The van der Waals surface area contributed by atoms with Gasteiger partial charge in [0.05, 0.1) is 10.9 Å². The van der Waals surface area contributed by atoms with E-state index in [0.717, 1.165) is 11.3 Å². The average molecular weight is 407 g/mol. The van der Waals surface area contributed by atoms with Gasteiger partial charge in [0, 0.05) is 29.0 Å². The van der Waals surface area contributed by atoms with Crippen LogP contribution in [0.25, 0.3) is 11.0 Å². The number of ketones is 1. The number of carbonyl (C=O) groups excluding carboxylic acids is 1. The Morgan fingerprint density at radius 2 is 1.72 bits per heavy atom. The Bertz CT molecular complexity index is 1280. The van der Waals surface area contributed by atoms with Gasteiger partial charge < -0.3 is 4.57 Å². The molecule has 0 atom stereocenters. The number of nitrogens with zero attached hydrogens (tertiary/aromatic N) is 2. The predicted molar refractivity (Wildman–Crippen MR) is 111 cm³/mol. The normalized spacial score (nSPS) is 11.0. The van der Waals surface area contributed by atoms with Crippen LogP contribution in [0.5, 0.6) is 0 Å². The fraction of sp³-hybridized carbons (Fsp3) is 0.0870. The zero-order valence-corrected chi connectivity index (χ0v) is 16.3. The summed E-state index contributed by atoms with van der Waals surface area (Å²) in [5, 5.41) is 0.984. The van der Waals surface area contributed by atoms with E-state index >= 15 is 0 Å². The van der Waals surface area contributed by atoms with Crippen LogP contribution < -0.4 is 5.43 Å². The minimum absolute atomic E-state index is 0.0173. The van der Waals surface area contributed by atoms with Crippen molar-refractivity contribution < 1.29 is 9.18 Å². The smallest absolute Gasteiger partial charge is 0.202 e.